The van der Waals surface area contributed by atoms with Gasteiger partial charge in [0.2, 0.25) is 0 Å². The standard InChI is InChI=1S/C15H13F2NO/c16-13-9-11(14(19)6-7-18)8-12(15(13)17)10-4-2-1-3-5-10/h1-5,8-9H,6-7,18H2. The number of hydrogen-bond acceptors (Lipinski definition) is 2. The summed E-state index contributed by atoms with van der Waals surface area (Å²) in [5.74, 6) is -2.27. The van der Waals surface area contributed by atoms with E-state index in [0.717, 1.165) is 6.07 Å². The molecule has 0 radical (unpaired) electrons. The Balaban J connectivity index is 2.52. The summed E-state index contributed by atoms with van der Waals surface area (Å²) in [5, 5.41) is 0. The Labute approximate surface area is 109 Å². The molecule has 2 aromatic rings. The first-order valence-corrected chi connectivity index (χ1v) is 5.91. The van der Waals surface area contributed by atoms with Gasteiger partial charge in [-0.3, -0.25) is 4.79 Å². The Morgan fingerprint density at radius 3 is 2.42 bits per heavy atom. The lowest BCUT2D eigenvalue weighted by molar-refractivity contribution is 0.0985. The number of rotatable bonds is 4. The number of hydrogen-bond donors (Lipinski definition) is 1. The van der Waals surface area contributed by atoms with Crippen LogP contribution in [0.15, 0.2) is 42.5 Å². The molecular formula is C15H13F2NO. The van der Waals surface area contributed by atoms with E-state index in [-0.39, 0.29) is 29.9 Å². The summed E-state index contributed by atoms with van der Waals surface area (Å²) in [4.78, 5) is 11.7. The highest BCUT2D eigenvalue weighted by molar-refractivity contribution is 5.97. The van der Waals surface area contributed by atoms with E-state index in [1.807, 2.05) is 0 Å². The van der Waals surface area contributed by atoms with Crippen LogP contribution in [0.4, 0.5) is 8.78 Å². The molecule has 2 rings (SSSR count). The summed E-state index contributed by atoms with van der Waals surface area (Å²) in [6.07, 6.45) is 0.110. The molecule has 0 fully saturated rings. The molecule has 19 heavy (non-hydrogen) atoms. The fraction of sp³-hybridized carbons (Fsp3) is 0.133. The van der Waals surface area contributed by atoms with E-state index in [2.05, 4.69) is 0 Å². The lowest BCUT2D eigenvalue weighted by Gasteiger charge is -2.07. The van der Waals surface area contributed by atoms with Gasteiger partial charge >= 0.3 is 0 Å². The molecule has 0 heterocycles. The van der Waals surface area contributed by atoms with Crippen LogP contribution in [0.5, 0.6) is 0 Å². The lowest BCUT2D eigenvalue weighted by Crippen LogP contribution is -2.09. The van der Waals surface area contributed by atoms with E-state index >= 15 is 0 Å². The monoisotopic (exact) mass is 261 g/mol. The van der Waals surface area contributed by atoms with Gasteiger partial charge in [-0.15, -0.1) is 0 Å². The minimum atomic E-state index is -1.03. The molecule has 2 N–H and O–H groups in total. The van der Waals surface area contributed by atoms with E-state index in [1.54, 1.807) is 30.3 Å². The topological polar surface area (TPSA) is 43.1 Å². The molecule has 0 aliphatic carbocycles. The Kier molecular flexibility index (Phi) is 4.02. The van der Waals surface area contributed by atoms with Gasteiger partial charge in [0, 0.05) is 17.5 Å². The summed E-state index contributed by atoms with van der Waals surface area (Å²) in [6.45, 7) is 0.179. The molecular weight excluding hydrogens is 248 g/mol. The second-order valence-corrected chi connectivity index (χ2v) is 4.15. The number of benzene rings is 2. The van der Waals surface area contributed by atoms with Crippen LogP contribution in [0.25, 0.3) is 11.1 Å². The van der Waals surface area contributed by atoms with Crippen LogP contribution in [0.1, 0.15) is 16.8 Å². The maximum absolute atomic E-state index is 13.8. The van der Waals surface area contributed by atoms with Crippen molar-refractivity contribution in [3.05, 3.63) is 59.7 Å². The first-order chi connectivity index (χ1) is 9.13. The second-order valence-electron chi connectivity index (χ2n) is 4.15. The minimum Gasteiger partial charge on any atom is -0.330 e. The molecule has 0 spiro atoms. The minimum absolute atomic E-state index is 0.0842. The van der Waals surface area contributed by atoms with Gasteiger partial charge in [0.15, 0.2) is 17.4 Å². The van der Waals surface area contributed by atoms with Crippen molar-refractivity contribution in [2.75, 3.05) is 6.54 Å². The number of Topliss-reactive ketones (excluding diaryl/α,β-unsaturated/α-hetero) is 1. The quantitative estimate of drug-likeness (QED) is 0.859. The fourth-order valence-electron chi connectivity index (χ4n) is 1.85. The Hall–Kier alpha value is -2.07. The molecule has 2 aromatic carbocycles. The Morgan fingerprint density at radius 1 is 1.11 bits per heavy atom. The predicted molar refractivity (Wildman–Crippen MR) is 69.8 cm³/mol. The molecule has 98 valence electrons. The first-order valence-electron chi connectivity index (χ1n) is 5.91. The van der Waals surface area contributed by atoms with Crippen molar-refractivity contribution in [3.63, 3.8) is 0 Å². The molecule has 0 aliphatic heterocycles. The molecule has 2 nitrogen and oxygen atoms in total. The highest BCUT2D eigenvalue weighted by Gasteiger charge is 2.15. The summed E-state index contributed by atoms with van der Waals surface area (Å²) < 4.78 is 27.4. The molecule has 0 atom stereocenters. The number of nitrogens with two attached hydrogens (primary N) is 1. The fourth-order valence-corrected chi connectivity index (χ4v) is 1.85. The molecule has 0 amide bonds. The third-order valence-electron chi connectivity index (χ3n) is 2.81. The third kappa shape index (κ3) is 2.85. The highest BCUT2D eigenvalue weighted by Crippen LogP contribution is 2.26. The lowest BCUT2D eigenvalue weighted by atomic mass is 9.99. The molecule has 4 heteroatoms. The first kappa shape index (κ1) is 13.4. The van der Waals surface area contributed by atoms with E-state index in [4.69, 9.17) is 5.73 Å². The van der Waals surface area contributed by atoms with Crippen LogP contribution in [-0.2, 0) is 0 Å². The van der Waals surface area contributed by atoms with Gasteiger partial charge in [-0.1, -0.05) is 30.3 Å². The van der Waals surface area contributed by atoms with Crippen molar-refractivity contribution < 1.29 is 13.6 Å². The molecule has 0 bridgehead atoms. The smallest absolute Gasteiger partial charge is 0.166 e. The zero-order valence-electron chi connectivity index (χ0n) is 10.2. The molecule has 0 aliphatic rings. The molecule has 0 aromatic heterocycles. The second kappa shape index (κ2) is 5.71. The SMILES string of the molecule is NCCC(=O)c1cc(F)c(F)c(-c2ccccc2)c1. The van der Waals surface area contributed by atoms with Crippen LogP contribution in [0.2, 0.25) is 0 Å². The van der Waals surface area contributed by atoms with E-state index in [1.165, 1.54) is 6.07 Å². The Morgan fingerprint density at radius 2 is 1.79 bits per heavy atom. The number of ketones is 1. The van der Waals surface area contributed by atoms with Gasteiger partial charge in [-0.25, -0.2) is 8.78 Å². The van der Waals surface area contributed by atoms with Crippen molar-refractivity contribution >= 4 is 5.78 Å². The van der Waals surface area contributed by atoms with Gasteiger partial charge < -0.3 is 5.73 Å². The number of carbonyl (C=O) groups excluding carboxylic acids is 1. The van der Waals surface area contributed by atoms with E-state index in [0.29, 0.717) is 5.56 Å². The van der Waals surface area contributed by atoms with Crippen molar-refractivity contribution in [1.82, 2.24) is 0 Å². The third-order valence-corrected chi connectivity index (χ3v) is 2.81. The van der Waals surface area contributed by atoms with Gasteiger partial charge in [-0.2, -0.15) is 0 Å². The summed E-state index contributed by atoms with van der Waals surface area (Å²) in [7, 11) is 0. The van der Waals surface area contributed by atoms with Gasteiger partial charge in [0.05, 0.1) is 0 Å². The van der Waals surface area contributed by atoms with Crippen molar-refractivity contribution in [2.24, 2.45) is 5.73 Å². The maximum atomic E-state index is 13.8. The van der Waals surface area contributed by atoms with Crippen molar-refractivity contribution in [1.29, 1.82) is 0 Å². The normalized spacial score (nSPS) is 10.5. The van der Waals surface area contributed by atoms with Crippen molar-refractivity contribution in [3.8, 4) is 11.1 Å². The molecule has 0 saturated carbocycles. The average molecular weight is 261 g/mol. The van der Waals surface area contributed by atoms with Gasteiger partial charge in [0.25, 0.3) is 0 Å². The Bertz CT molecular complexity index is 597. The van der Waals surface area contributed by atoms with Gasteiger partial charge in [-0.05, 0) is 24.2 Å². The van der Waals surface area contributed by atoms with Crippen LogP contribution < -0.4 is 5.73 Å². The molecule has 0 saturated heterocycles. The van der Waals surface area contributed by atoms with E-state index in [9.17, 15) is 13.6 Å². The zero-order valence-corrected chi connectivity index (χ0v) is 10.2. The highest BCUT2D eigenvalue weighted by atomic mass is 19.2. The summed E-state index contributed by atoms with van der Waals surface area (Å²) in [6, 6.07) is 10.8. The average Bonchev–Trinajstić information content (AvgIpc) is 2.43. The predicted octanol–water partition coefficient (Wildman–Crippen LogP) is 3.16. The summed E-state index contributed by atoms with van der Waals surface area (Å²) in [5.41, 5.74) is 6.05. The van der Waals surface area contributed by atoms with Crippen LogP contribution in [0.3, 0.4) is 0 Å². The maximum Gasteiger partial charge on any atom is 0.166 e. The van der Waals surface area contributed by atoms with Crippen LogP contribution >= 0.6 is 0 Å². The number of carbonyl (C=O) groups is 1. The number of halogens is 2. The largest absolute Gasteiger partial charge is 0.330 e. The van der Waals surface area contributed by atoms with Gasteiger partial charge in [0.1, 0.15) is 0 Å². The van der Waals surface area contributed by atoms with E-state index < -0.39 is 11.6 Å². The van der Waals surface area contributed by atoms with Crippen LogP contribution in [0, 0.1) is 11.6 Å². The van der Waals surface area contributed by atoms with Crippen LogP contribution in [-0.4, -0.2) is 12.3 Å². The summed E-state index contributed by atoms with van der Waals surface area (Å²) >= 11 is 0. The molecule has 0 unspecified atom stereocenters. The van der Waals surface area contributed by atoms with Crippen molar-refractivity contribution in [2.45, 2.75) is 6.42 Å². The zero-order chi connectivity index (χ0) is 13.8.